The highest BCUT2D eigenvalue weighted by Gasteiger charge is 2.22. The SMILES string of the molecule is CCc1ccc(C(=O)N2CCN(c3ccc(O)cc3)CC2)cc1. The van der Waals surface area contributed by atoms with Gasteiger partial charge in [0.2, 0.25) is 0 Å². The van der Waals surface area contributed by atoms with E-state index in [1.165, 1.54) is 5.56 Å². The predicted octanol–water partition coefficient (Wildman–Crippen LogP) is 2.92. The Labute approximate surface area is 137 Å². The van der Waals surface area contributed by atoms with Gasteiger partial charge in [0.15, 0.2) is 0 Å². The van der Waals surface area contributed by atoms with Crippen LogP contribution in [0.5, 0.6) is 5.75 Å². The summed E-state index contributed by atoms with van der Waals surface area (Å²) in [5.74, 6) is 0.385. The Kier molecular flexibility index (Phi) is 4.51. The number of carbonyl (C=O) groups is 1. The molecule has 1 fully saturated rings. The number of carbonyl (C=O) groups excluding carboxylic acids is 1. The number of aromatic hydroxyl groups is 1. The van der Waals surface area contributed by atoms with Crippen molar-refractivity contribution in [3.63, 3.8) is 0 Å². The van der Waals surface area contributed by atoms with Crippen LogP contribution in [-0.4, -0.2) is 42.1 Å². The molecule has 2 aromatic rings. The Hall–Kier alpha value is -2.49. The fraction of sp³-hybridized carbons (Fsp3) is 0.316. The van der Waals surface area contributed by atoms with Crippen LogP contribution in [0, 0.1) is 0 Å². The second kappa shape index (κ2) is 6.73. The molecule has 1 amide bonds. The van der Waals surface area contributed by atoms with E-state index in [0.29, 0.717) is 0 Å². The second-order valence-electron chi connectivity index (χ2n) is 5.85. The van der Waals surface area contributed by atoms with Gasteiger partial charge in [-0.1, -0.05) is 19.1 Å². The average molecular weight is 310 g/mol. The van der Waals surface area contributed by atoms with Crippen molar-refractivity contribution in [2.24, 2.45) is 0 Å². The number of nitrogens with zero attached hydrogens (tertiary/aromatic N) is 2. The molecule has 1 saturated heterocycles. The van der Waals surface area contributed by atoms with Crippen LogP contribution in [-0.2, 0) is 6.42 Å². The van der Waals surface area contributed by atoms with E-state index in [1.807, 2.05) is 41.3 Å². The minimum absolute atomic E-state index is 0.109. The molecule has 0 saturated carbocycles. The molecular formula is C19H22N2O2. The highest BCUT2D eigenvalue weighted by molar-refractivity contribution is 5.94. The third kappa shape index (κ3) is 3.47. The van der Waals surface area contributed by atoms with Crippen LogP contribution < -0.4 is 4.90 Å². The summed E-state index contributed by atoms with van der Waals surface area (Å²) in [7, 11) is 0. The first-order valence-corrected chi connectivity index (χ1v) is 8.09. The van der Waals surface area contributed by atoms with Gasteiger partial charge in [-0.05, 0) is 48.4 Å². The number of phenols is 1. The fourth-order valence-electron chi connectivity index (χ4n) is 2.90. The number of phenolic OH excluding ortho intramolecular Hbond substituents is 1. The average Bonchev–Trinajstić information content (AvgIpc) is 2.62. The Morgan fingerprint density at radius 3 is 2.13 bits per heavy atom. The van der Waals surface area contributed by atoms with Crippen LogP contribution in [0.2, 0.25) is 0 Å². The first-order chi connectivity index (χ1) is 11.2. The van der Waals surface area contributed by atoms with E-state index in [9.17, 15) is 9.90 Å². The zero-order chi connectivity index (χ0) is 16.2. The minimum atomic E-state index is 0.109. The van der Waals surface area contributed by atoms with E-state index in [0.717, 1.165) is 43.9 Å². The summed E-state index contributed by atoms with van der Waals surface area (Å²) in [4.78, 5) is 16.7. The summed E-state index contributed by atoms with van der Waals surface area (Å²) in [6.45, 7) is 5.16. The van der Waals surface area contributed by atoms with Gasteiger partial charge in [0.05, 0.1) is 0 Å². The van der Waals surface area contributed by atoms with Crippen molar-refractivity contribution in [3.05, 3.63) is 59.7 Å². The molecule has 1 aliphatic heterocycles. The summed E-state index contributed by atoms with van der Waals surface area (Å²) in [6.07, 6.45) is 0.986. The fourth-order valence-corrected chi connectivity index (χ4v) is 2.90. The van der Waals surface area contributed by atoms with Crippen molar-refractivity contribution >= 4 is 11.6 Å². The van der Waals surface area contributed by atoms with Gasteiger partial charge in [-0.25, -0.2) is 0 Å². The Bertz CT molecular complexity index is 657. The summed E-state index contributed by atoms with van der Waals surface area (Å²) in [5.41, 5.74) is 3.10. The van der Waals surface area contributed by atoms with Gasteiger partial charge in [0.25, 0.3) is 5.91 Å². The van der Waals surface area contributed by atoms with E-state index in [1.54, 1.807) is 12.1 Å². The van der Waals surface area contributed by atoms with Crippen molar-refractivity contribution in [3.8, 4) is 5.75 Å². The lowest BCUT2D eigenvalue weighted by molar-refractivity contribution is 0.0747. The lowest BCUT2D eigenvalue weighted by Gasteiger charge is -2.36. The highest BCUT2D eigenvalue weighted by atomic mass is 16.3. The van der Waals surface area contributed by atoms with Crippen LogP contribution in [0.25, 0.3) is 0 Å². The lowest BCUT2D eigenvalue weighted by Crippen LogP contribution is -2.48. The van der Waals surface area contributed by atoms with Gasteiger partial charge >= 0.3 is 0 Å². The molecule has 4 nitrogen and oxygen atoms in total. The van der Waals surface area contributed by atoms with Gasteiger partial charge < -0.3 is 14.9 Å². The molecule has 0 spiro atoms. The summed E-state index contributed by atoms with van der Waals surface area (Å²) in [5, 5.41) is 9.36. The maximum absolute atomic E-state index is 12.6. The van der Waals surface area contributed by atoms with E-state index in [2.05, 4.69) is 11.8 Å². The van der Waals surface area contributed by atoms with Crippen molar-refractivity contribution in [1.82, 2.24) is 4.90 Å². The standard InChI is InChI=1S/C19H22N2O2/c1-2-15-3-5-16(6-4-15)19(23)21-13-11-20(12-14-21)17-7-9-18(22)10-8-17/h3-10,22H,2,11-14H2,1H3. The molecule has 2 aromatic carbocycles. The first kappa shape index (κ1) is 15.4. The highest BCUT2D eigenvalue weighted by Crippen LogP contribution is 2.20. The summed E-state index contributed by atoms with van der Waals surface area (Å²) >= 11 is 0. The van der Waals surface area contributed by atoms with Gasteiger partial charge in [0, 0.05) is 37.4 Å². The second-order valence-corrected chi connectivity index (χ2v) is 5.85. The zero-order valence-corrected chi connectivity index (χ0v) is 13.4. The van der Waals surface area contributed by atoms with E-state index in [4.69, 9.17) is 0 Å². The van der Waals surface area contributed by atoms with Crippen molar-refractivity contribution in [2.75, 3.05) is 31.1 Å². The zero-order valence-electron chi connectivity index (χ0n) is 13.4. The first-order valence-electron chi connectivity index (χ1n) is 8.09. The molecule has 0 radical (unpaired) electrons. The summed E-state index contributed by atoms with van der Waals surface area (Å²) in [6, 6.07) is 15.1. The molecule has 3 rings (SSSR count). The van der Waals surface area contributed by atoms with Crippen LogP contribution in [0.4, 0.5) is 5.69 Å². The lowest BCUT2D eigenvalue weighted by atomic mass is 10.1. The predicted molar refractivity (Wildman–Crippen MR) is 92.0 cm³/mol. The van der Waals surface area contributed by atoms with Crippen molar-refractivity contribution in [1.29, 1.82) is 0 Å². The van der Waals surface area contributed by atoms with Gasteiger partial charge in [0.1, 0.15) is 5.75 Å². The maximum atomic E-state index is 12.6. The van der Waals surface area contributed by atoms with Gasteiger partial charge in [-0.15, -0.1) is 0 Å². The van der Waals surface area contributed by atoms with Crippen LogP contribution in [0.3, 0.4) is 0 Å². The molecular weight excluding hydrogens is 288 g/mol. The molecule has 1 aliphatic rings. The minimum Gasteiger partial charge on any atom is -0.508 e. The Morgan fingerprint density at radius 2 is 1.57 bits per heavy atom. The third-order valence-corrected chi connectivity index (χ3v) is 4.39. The molecule has 1 heterocycles. The molecule has 0 aliphatic carbocycles. The third-order valence-electron chi connectivity index (χ3n) is 4.39. The number of piperazine rings is 1. The Balaban J connectivity index is 1.61. The topological polar surface area (TPSA) is 43.8 Å². The quantitative estimate of drug-likeness (QED) is 0.948. The monoisotopic (exact) mass is 310 g/mol. The number of benzene rings is 2. The number of anilines is 1. The van der Waals surface area contributed by atoms with E-state index >= 15 is 0 Å². The molecule has 23 heavy (non-hydrogen) atoms. The van der Waals surface area contributed by atoms with Gasteiger partial charge in [-0.2, -0.15) is 0 Å². The molecule has 0 aromatic heterocycles. The van der Waals surface area contributed by atoms with Crippen molar-refractivity contribution in [2.45, 2.75) is 13.3 Å². The Morgan fingerprint density at radius 1 is 0.957 bits per heavy atom. The molecule has 1 N–H and O–H groups in total. The molecule has 4 heteroatoms. The van der Waals surface area contributed by atoms with Crippen LogP contribution >= 0.6 is 0 Å². The molecule has 120 valence electrons. The van der Waals surface area contributed by atoms with E-state index < -0.39 is 0 Å². The maximum Gasteiger partial charge on any atom is 0.253 e. The van der Waals surface area contributed by atoms with E-state index in [-0.39, 0.29) is 11.7 Å². The van der Waals surface area contributed by atoms with Crippen LogP contribution in [0.1, 0.15) is 22.8 Å². The normalized spacial score (nSPS) is 14.8. The van der Waals surface area contributed by atoms with Crippen molar-refractivity contribution < 1.29 is 9.90 Å². The van der Waals surface area contributed by atoms with Gasteiger partial charge in [-0.3, -0.25) is 4.79 Å². The number of amides is 1. The number of hydrogen-bond acceptors (Lipinski definition) is 3. The number of aryl methyl sites for hydroxylation is 1. The smallest absolute Gasteiger partial charge is 0.253 e. The molecule has 0 unspecified atom stereocenters. The van der Waals surface area contributed by atoms with Crippen LogP contribution in [0.15, 0.2) is 48.5 Å². The summed E-state index contributed by atoms with van der Waals surface area (Å²) < 4.78 is 0. The number of rotatable bonds is 3. The largest absolute Gasteiger partial charge is 0.508 e. The number of hydrogen-bond donors (Lipinski definition) is 1. The molecule has 0 bridgehead atoms. The molecule has 0 atom stereocenters.